The molecule has 7 heteroatoms. The highest BCUT2D eigenvalue weighted by atomic mass is 35.5. The zero-order valence-corrected chi connectivity index (χ0v) is 12.2. The molecule has 1 saturated heterocycles. The number of hydrogen-bond donors (Lipinski definition) is 1. The molecule has 0 spiro atoms. The Morgan fingerprint density at radius 1 is 1.33 bits per heavy atom. The molecule has 1 aliphatic carbocycles. The Hall–Kier alpha value is -1.82. The number of hydrogen-bond acceptors (Lipinski definition) is 4. The average Bonchev–Trinajstić information content (AvgIpc) is 3.01. The molecule has 6 nitrogen and oxygen atoms in total. The number of carbonyl (C=O) groups excluding carboxylic acids is 1. The lowest BCUT2D eigenvalue weighted by Crippen LogP contribution is -2.29. The first-order valence-corrected chi connectivity index (χ1v) is 7.38. The average molecular weight is 310 g/mol. The molecular formula is C14H16ClN3O3. The van der Waals surface area contributed by atoms with E-state index in [1.54, 1.807) is 4.90 Å². The number of carbonyl (C=O) groups is 1. The van der Waals surface area contributed by atoms with Crippen LogP contribution >= 0.6 is 11.6 Å². The van der Waals surface area contributed by atoms with E-state index in [-0.39, 0.29) is 27.9 Å². The van der Waals surface area contributed by atoms with Crippen LogP contribution in [-0.4, -0.2) is 28.8 Å². The molecule has 2 atom stereocenters. The summed E-state index contributed by atoms with van der Waals surface area (Å²) in [6.07, 6.45) is 3.56. The summed E-state index contributed by atoms with van der Waals surface area (Å²) in [5.74, 6) is 0.954. The van der Waals surface area contributed by atoms with Crippen molar-refractivity contribution in [3.63, 3.8) is 0 Å². The number of benzene rings is 1. The standard InChI is InChI=1S/C14H16ClN3O3/c15-11-4-10(5-12(13(11)16)18(20)21)14(19)17-6-8-2-1-3-9(8)7-17/h4-5,8-9H,1-3,6-7,16H2. The van der Waals surface area contributed by atoms with Gasteiger partial charge in [-0.3, -0.25) is 14.9 Å². The number of nitrogens with two attached hydrogens (primary N) is 1. The molecule has 2 fully saturated rings. The van der Waals surface area contributed by atoms with E-state index in [0.29, 0.717) is 11.8 Å². The van der Waals surface area contributed by atoms with Gasteiger partial charge in [0.15, 0.2) is 0 Å². The van der Waals surface area contributed by atoms with Gasteiger partial charge in [0.1, 0.15) is 5.69 Å². The molecule has 0 aromatic heterocycles. The molecule has 1 aliphatic heterocycles. The van der Waals surface area contributed by atoms with E-state index in [1.807, 2.05) is 0 Å². The SMILES string of the molecule is Nc1c(Cl)cc(C(=O)N2CC3CCCC3C2)cc1[N+](=O)[O-]. The molecule has 1 saturated carbocycles. The number of likely N-dealkylation sites (tertiary alicyclic amines) is 1. The number of amides is 1. The van der Waals surface area contributed by atoms with Gasteiger partial charge in [-0.25, -0.2) is 0 Å². The Kier molecular flexibility index (Phi) is 3.49. The van der Waals surface area contributed by atoms with Crippen molar-refractivity contribution < 1.29 is 9.72 Å². The van der Waals surface area contributed by atoms with Crippen molar-refractivity contribution in [2.75, 3.05) is 18.8 Å². The van der Waals surface area contributed by atoms with Crippen LogP contribution in [0.25, 0.3) is 0 Å². The number of rotatable bonds is 2. The van der Waals surface area contributed by atoms with Gasteiger partial charge in [-0.1, -0.05) is 18.0 Å². The predicted octanol–water partition coefficient (Wildman–Crippen LogP) is 2.70. The summed E-state index contributed by atoms with van der Waals surface area (Å²) in [6.45, 7) is 1.47. The number of nitrogen functional groups attached to an aromatic ring is 1. The van der Waals surface area contributed by atoms with Crippen LogP contribution in [0.3, 0.4) is 0 Å². The van der Waals surface area contributed by atoms with Gasteiger partial charge in [0.25, 0.3) is 11.6 Å². The second-order valence-corrected chi connectivity index (χ2v) is 6.22. The topological polar surface area (TPSA) is 89.5 Å². The molecule has 2 aliphatic rings. The third-order valence-electron chi connectivity index (χ3n) is 4.56. The van der Waals surface area contributed by atoms with Crippen LogP contribution in [0.4, 0.5) is 11.4 Å². The molecule has 0 radical (unpaired) electrons. The van der Waals surface area contributed by atoms with E-state index >= 15 is 0 Å². The predicted molar refractivity (Wildman–Crippen MR) is 79.3 cm³/mol. The number of nitro benzene ring substituents is 1. The fourth-order valence-electron chi connectivity index (χ4n) is 3.46. The summed E-state index contributed by atoms with van der Waals surface area (Å²) in [5, 5.41) is 11.0. The van der Waals surface area contributed by atoms with E-state index < -0.39 is 4.92 Å². The smallest absolute Gasteiger partial charge is 0.294 e. The van der Waals surface area contributed by atoms with Crippen LogP contribution in [0.5, 0.6) is 0 Å². The van der Waals surface area contributed by atoms with E-state index in [1.165, 1.54) is 18.6 Å². The number of nitro groups is 1. The highest BCUT2D eigenvalue weighted by molar-refractivity contribution is 6.34. The lowest BCUT2D eigenvalue weighted by atomic mass is 10.0. The largest absolute Gasteiger partial charge is 0.392 e. The van der Waals surface area contributed by atoms with Crippen LogP contribution < -0.4 is 5.73 Å². The fraction of sp³-hybridized carbons (Fsp3) is 0.500. The molecule has 0 bridgehead atoms. The maximum absolute atomic E-state index is 12.5. The molecule has 1 aromatic carbocycles. The molecule has 1 amide bonds. The molecule has 2 N–H and O–H groups in total. The summed E-state index contributed by atoms with van der Waals surface area (Å²) < 4.78 is 0. The van der Waals surface area contributed by atoms with Gasteiger partial charge in [0.05, 0.1) is 9.95 Å². The maximum Gasteiger partial charge on any atom is 0.294 e. The first-order chi connectivity index (χ1) is 9.97. The van der Waals surface area contributed by atoms with Crippen LogP contribution in [0.2, 0.25) is 5.02 Å². The van der Waals surface area contributed by atoms with Crippen molar-refractivity contribution in [2.45, 2.75) is 19.3 Å². The summed E-state index contributed by atoms with van der Waals surface area (Å²) in [6, 6.07) is 2.64. The maximum atomic E-state index is 12.5. The third-order valence-corrected chi connectivity index (χ3v) is 4.88. The normalized spacial score (nSPS) is 24.1. The highest BCUT2D eigenvalue weighted by Crippen LogP contribution is 2.39. The first kappa shape index (κ1) is 14.1. The molecule has 3 rings (SSSR count). The third kappa shape index (κ3) is 2.44. The van der Waals surface area contributed by atoms with Gasteiger partial charge in [-0.15, -0.1) is 0 Å². The van der Waals surface area contributed by atoms with Crippen molar-refractivity contribution >= 4 is 28.9 Å². The number of fused-ring (bicyclic) bond motifs is 1. The van der Waals surface area contributed by atoms with E-state index in [2.05, 4.69) is 0 Å². The van der Waals surface area contributed by atoms with Crippen LogP contribution in [0, 0.1) is 22.0 Å². The minimum absolute atomic E-state index is 0.0481. The quantitative estimate of drug-likeness (QED) is 0.516. The van der Waals surface area contributed by atoms with Crippen molar-refractivity contribution in [3.05, 3.63) is 32.8 Å². The van der Waals surface area contributed by atoms with E-state index in [0.717, 1.165) is 25.9 Å². The van der Waals surface area contributed by atoms with Gasteiger partial charge >= 0.3 is 0 Å². The summed E-state index contributed by atoms with van der Waals surface area (Å²) in [4.78, 5) is 24.7. The minimum Gasteiger partial charge on any atom is -0.392 e. The number of anilines is 1. The van der Waals surface area contributed by atoms with Gasteiger partial charge in [-0.2, -0.15) is 0 Å². The van der Waals surface area contributed by atoms with Crippen molar-refractivity contribution in [2.24, 2.45) is 11.8 Å². The zero-order valence-electron chi connectivity index (χ0n) is 11.4. The lowest BCUT2D eigenvalue weighted by Gasteiger charge is -2.17. The highest BCUT2D eigenvalue weighted by Gasteiger charge is 2.38. The monoisotopic (exact) mass is 309 g/mol. The Morgan fingerprint density at radius 2 is 1.95 bits per heavy atom. The Labute approximate surface area is 127 Å². The van der Waals surface area contributed by atoms with E-state index in [9.17, 15) is 14.9 Å². The first-order valence-electron chi connectivity index (χ1n) is 7.00. The molecule has 1 heterocycles. The lowest BCUT2D eigenvalue weighted by molar-refractivity contribution is -0.383. The minimum atomic E-state index is -0.614. The van der Waals surface area contributed by atoms with Crippen LogP contribution in [0.1, 0.15) is 29.6 Å². The summed E-state index contributed by atoms with van der Waals surface area (Å²) in [5.41, 5.74) is 5.40. The fourth-order valence-corrected chi connectivity index (χ4v) is 3.68. The van der Waals surface area contributed by atoms with Crippen molar-refractivity contribution in [3.8, 4) is 0 Å². The zero-order chi connectivity index (χ0) is 15.1. The molecular weight excluding hydrogens is 294 g/mol. The summed E-state index contributed by atoms with van der Waals surface area (Å²) >= 11 is 5.91. The Morgan fingerprint density at radius 3 is 2.52 bits per heavy atom. The van der Waals surface area contributed by atoms with Crippen LogP contribution in [-0.2, 0) is 0 Å². The van der Waals surface area contributed by atoms with Crippen molar-refractivity contribution in [1.82, 2.24) is 4.90 Å². The van der Waals surface area contributed by atoms with Gasteiger partial charge in [-0.05, 0) is 30.7 Å². The van der Waals surface area contributed by atoms with Gasteiger partial charge in [0.2, 0.25) is 0 Å². The second kappa shape index (κ2) is 5.18. The molecule has 2 unspecified atom stereocenters. The molecule has 112 valence electrons. The van der Waals surface area contributed by atoms with Crippen molar-refractivity contribution in [1.29, 1.82) is 0 Å². The molecule has 21 heavy (non-hydrogen) atoms. The van der Waals surface area contributed by atoms with Gasteiger partial charge < -0.3 is 10.6 Å². The van der Waals surface area contributed by atoms with Gasteiger partial charge in [0, 0.05) is 24.7 Å². The Bertz CT molecular complexity index is 608. The van der Waals surface area contributed by atoms with E-state index in [4.69, 9.17) is 17.3 Å². The number of halogens is 1. The number of nitrogens with zero attached hydrogens (tertiary/aromatic N) is 2. The summed E-state index contributed by atoms with van der Waals surface area (Å²) in [7, 11) is 0. The second-order valence-electron chi connectivity index (χ2n) is 5.81. The Balaban J connectivity index is 1.87. The molecule has 1 aromatic rings. The van der Waals surface area contributed by atoms with Crippen LogP contribution in [0.15, 0.2) is 12.1 Å².